The van der Waals surface area contributed by atoms with Gasteiger partial charge in [-0.05, 0) is 54.6 Å². The van der Waals surface area contributed by atoms with Gasteiger partial charge in [0.1, 0.15) is 0 Å². The van der Waals surface area contributed by atoms with E-state index < -0.39 is 0 Å². The van der Waals surface area contributed by atoms with E-state index in [2.05, 4.69) is 20.6 Å². The SMILES string of the molecule is N#CNC(=NCCCCCCn1c(=O)ccc2cc(Cl)ccc21)Nc1ccncc1. The van der Waals surface area contributed by atoms with Gasteiger partial charge in [-0.15, -0.1) is 0 Å². The Hall–Kier alpha value is -3.37. The summed E-state index contributed by atoms with van der Waals surface area (Å²) in [5, 5.41) is 16.1. The Morgan fingerprint density at radius 1 is 1.10 bits per heavy atom. The predicted molar refractivity (Wildman–Crippen MR) is 121 cm³/mol. The van der Waals surface area contributed by atoms with Crippen molar-refractivity contribution in [1.29, 1.82) is 5.26 Å². The van der Waals surface area contributed by atoms with Crippen molar-refractivity contribution in [3.8, 4) is 6.19 Å². The summed E-state index contributed by atoms with van der Waals surface area (Å²) in [6.45, 7) is 1.28. The minimum Gasteiger partial charge on any atom is -0.325 e. The minimum absolute atomic E-state index is 0.00354. The van der Waals surface area contributed by atoms with Gasteiger partial charge in [-0.25, -0.2) is 0 Å². The zero-order valence-electron chi connectivity index (χ0n) is 16.5. The molecule has 0 fully saturated rings. The fourth-order valence-corrected chi connectivity index (χ4v) is 3.35. The maximum absolute atomic E-state index is 12.2. The van der Waals surface area contributed by atoms with E-state index in [4.69, 9.17) is 16.9 Å². The number of hydrogen-bond donors (Lipinski definition) is 2. The lowest BCUT2D eigenvalue weighted by molar-refractivity contribution is 0.575. The van der Waals surface area contributed by atoms with Gasteiger partial charge in [-0.3, -0.25) is 20.1 Å². The highest BCUT2D eigenvalue weighted by atomic mass is 35.5. The largest absolute Gasteiger partial charge is 0.325 e. The van der Waals surface area contributed by atoms with Crippen LogP contribution in [-0.2, 0) is 6.54 Å². The first kappa shape index (κ1) is 21.3. The average molecular weight is 423 g/mol. The summed E-state index contributed by atoms with van der Waals surface area (Å²) in [6.07, 6.45) is 9.01. The molecule has 3 aromatic rings. The fourth-order valence-electron chi connectivity index (χ4n) is 3.17. The van der Waals surface area contributed by atoms with Crippen LogP contribution in [0.4, 0.5) is 5.69 Å². The molecule has 30 heavy (non-hydrogen) atoms. The van der Waals surface area contributed by atoms with Crippen LogP contribution in [0.15, 0.2) is 64.6 Å². The minimum atomic E-state index is 0.00354. The van der Waals surface area contributed by atoms with Gasteiger partial charge in [0.2, 0.25) is 5.96 Å². The number of halogens is 1. The first-order valence-electron chi connectivity index (χ1n) is 9.83. The van der Waals surface area contributed by atoms with Gasteiger partial charge in [-0.1, -0.05) is 24.4 Å². The van der Waals surface area contributed by atoms with Crippen molar-refractivity contribution in [3.63, 3.8) is 0 Å². The van der Waals surface area contributed by atoms with E-state index in [9.17, 15) is 4.79 Å². The summed E-state index contributed by atoms with van der Waals surface area (Å²) in [5.74, 6) is 0.421. The van der Waals surface area contributed by atoms with E-state index >= 15 is 0 Å². The number of aliphatic imine (C=N–C) groups is 1. The maximum Gasteiger partial charge on any atom is 0.251 e. The molecule has 0 saturated heterocycles. The van der Waals surface area contributed by atoms with Gasteiger partial charge in [-0.2, -0.15) is 5.26 Å². The molecule has 0 aliphatic heterocycles. The van der Waals surface area contributed by atoms with Crippen molar-refractivity contribution in [2.75, 3.05) is 11.9 Å². The Bertz CT molecular complexity index is 1100. The van der Waals surface area contributed by atoms with Crippen molar-refractivity contribution in [3.05, 3.63) is 70.2 Å². The van der Waals surface area contributed by atoms with Gasteiger partial charge in [0.25, 0.3) is 5.56 Å². The van der Waals surface area contributed by atoms with Gasteiger partial charge >= 0.3 is 0 Å². The highest BCUT2D eigenvalue weighted by Gasteiger charge is 2.04. The Balaban J connectivity index is 1.46. The maximum atomic E-state index is 12.2. The number of aryl methyl sites for hydroxylation is 1. The number of hydrogen-bond acceptors (Lipinski definition) is 4. The van der Waals surface area contributed by atoms with E-state index in [-0.39, 0.29) is 5.56 Å². The average Bonchev–Trinajstić information content (AvgIpc) is 2.75. The van der Waals surface area contributed by atoms with E-state index in [1.165, 1.54) is 0 Å². The van der Waals surface area contributed by atoms with Crippen LogP contribution < -0.4 is 16.2 Å². The lowest BCUT2D eigenvalue weighted by Crippen LogP contribution is -2.27. The molecule has 0 unspecified atom stereocenters. The first-order valence-corrected chi connectivity index (χ1v) is 10.2. The highest BCUT2D eigenvalue weighted by Crippen LogP contribution is 2.18. The number of guanidine groups is 1. The molecule has 0 amide bonds. The molecular weight excluding hydrogens is 400 g/mol. The smallest absolute Gasteiger partial charge is 0.251 e. The third kappa shape index (κ3) is 6.06. The first-order chi connectivity index (χ1) is 14.7. The van der Waals surface area contributed by atoms with E-state index in [0.717, 1.165) is 42.3 Å². The number of pyridine rings is 2. The topological polar surface area (TPSA) is 95.1 Å². The van der Waals surface area contributed by atoms with Crippen LogP contribution in [0.1, 0.15) is 25.7 Å². The normalized spacial score (nSPS) is 11.3. The van der Waals surface area contributed by atoms with Gasteiger partial charge in [0.05, 0.1) is 5.52 Å². The van der Waals surface area contributed by atoms with Crippen molar-refractivity contribution >= 4 is 34.2 Å². The second-order valence-corrected chi connectivity index (χ2v) is 7.21. The molecule has 1 aromatic carbocycles. The summed E-state index contributed by atoms with van der Waals surface area (Å²) >= 11 is 6.05. The van der Waals surface area contributed by atoms with Crippen molar-refractivity contribution in [1.82, 2.24) is 14.9 Å². The summed E-state index contributed by atoms with van der Waals surface area (Å²) < 4.78 is 1.80. The molecule has 0 spiro atoms. The molecule has 2 aromatic heterocycles. The lowest BCUT2D eigenvalue weighted by Gasteiger charge is -2.10. The molecular formula is C22H23ClN6O. The quantitative estimate of drug-likeness (QED) is 0.187. The standard InChI is InChI=1S/C22H23ClN6O/c23-18-6-7-20-17(15-18)5-8-21(30)29(20)14-4-2-1-3-11-26-22(27-16-24)28-19-9-12-25-13-10-19/h5-10,12-13,15H,1-4,11,14H2,(H2,25,26,27,28). The second kappa shape index (κ2) is 11.0. The van der Waals surface area contributed by atoms with Crippen molar-refractivity contribution < 1.29 is 0 Å². The number of anilines is 1. The van der Waals surface area contributed by atoms with Crippen molar-refractivity contribution in [2.45, 2.75) is 32.2 Å². The number of fused-ring (bicyclic) bond motifs is 1. The highest BCUT2D eigenvalue weighted by molar-refractivity contribution is 6.31. The number of rotatable bonds is 8. The Kier molecular flexibility index (Phi) is 7.81. The lowest BCUT2D eigenvalue weighted by atomic mass is 10.1. The Morgan fingerprint density at radius 2 is 1.90 bits per heavy atom. The number of unbranched alkanes of at least 4 members (excludes halogenated alkanes) is 3. The third-order valence-electron chi connectivity index (χ3n) is 4.63. The van der Waals surface area contributed by atoms with Crippen LogP contribution in [0.5, 0.6) is 0 Å². The van der Waals surface area contributed by atoms with Crippen LogP contribution >= 0.6 is 11.6 Å². The zero-order valence-corrected chi connectivity index (χ0v) is 17.3. The Morgan fingerprint density at radius 3 is 2.70 bits per heavy atom. The molecule has 0 atom stereocenters. The van der Waals surface area contributed by atoms with Crippen LogP contribution in [0.25, 0.3) is 10.9 Å². The molecule has 0 radical (unpaired) electrons. The number of nitrogens with zero attached hydrogens (tertiary/aromatic N) is 4. The molecule has 2 N–H and O–H groups in total. The van der Waals surface area contributed by atoms with Crippen LogP contribution in [0.2, 0.25) is 5.02 Å². The van der Waals surface area contributed by atoms with E-state index in [1.807, 2.05) is 30.5 Å². The molecule has 0 bridgehead atoms. The summed E-state index contributed by atoms with van der Waals surface area (Å²) in [6, 6.07) is 12.6. The molecule has 154 valence electrons. The summed E-state index contributed by atoms with van der Waals surface area (Å²) in [5.41, 5.74) is 1.73. The summed E-state index contributed by atoms with van der Waals surface area (Å²) in [4.78, 5) is 20.6. The van der Waals surface area contributed by atoms with E-state index in [0.29, 0.717) is 24.1 Å². The van der Waals surface area contributed by atoms with Crippen LogP contribution in [-0.4, -0.2) is 22.1 Å². The molecule has 0 saturated carbocycles. The molecule has 0 aliphatic rings. The monoisotopic (exact) mass is 422 g/mol. The van der Waals surface area contributed by atoms with Gasteiger partial charge < -0.3 is 9.88 Å². The van der Waals surface area contributed by atoms with Crippen LogP contribution in [0.3, 0.4) is 0 Å². The molecule has 0 aliphatic carbocycles. The molecule has 7 nitrogen and oxygen atoms in total. The molecule has 8 heteroatoms. The van der Waals surface area contributed by atoms with Gasteiger partial charge in [0.15, 0.2) is 6.19 Å². The predicted octanol–water partition coefficient (Wildman–Crippen LogP) is 4.15. The number of nitrogens with one attached hydrogen (secondary N) is 2. The van der Waals surface area contributed by atoms with E-state index in [1.54, 1.807) is 35.2 Å². The van der Waals surface area contributed by atoms with Crippen LogP contribution in [0, 0.1) is 11.5 Å². The zero-order chi connectivity index (χ0) is 21.2. The molecule has 2 heterocycles. The Labute approximate surface area is 180 Å². The number of benzene rings is 1. The second-order valence-electron chi connectivity index (χ2n) is 6.77. The molecule has 3 rings (SSSR count). The summed E-state index contributed by atoms with van der Waals surface area (Å²) in [7, 11) is 0. The number of nitriles is 1. The van der Waals surface area contributed by atoms with Crippen molar-refractivity contribution in [2.24, 2.45) is 4.99 Å². The van der Waals surface area contributed by atoms with Gasteiger partial charge in [0, 0.05) is 42.3 Å². The number of aromatic nitrogens is 2. The third-order valence-corrected chi connectivity index (χ3v) is 4.86. The fraction of sp³-hybridized carbons (Fsp3) is 0.273.